The zero-order valence-corrected chi connectivity index (χ0v) is 13.7. The molecule has 0 bridgehead atoms. The van der Waals surface area contributed by atoms with Gasteiger partial charge in [-0.25, -0.2) is 0 Å². The molecule has 4 nitrogen and oxygen atoms in total. The van der Waals surface area contributed by atoms with Crippen LogP contribution < -0.4 is 0 Å². The van der Waals surface area contributed by atoms with Crippen molar-refractivity contribution in [2.75, 3.05) is 47.1 Å². The van der Waals surface area contributed by atoms with E-state index in [1.807, 2.05) is 24.3 Å². The maximum atomic E-state index is 12.1. The third-order valence-electron chi connectivity index (χ3n) is 3.04. The van der Waals surface area contributed by atoms with E-state index in [4.69, 9.17) is 9.47 Å². The number of carbonyl (C=O) groups is 1. The third kappa shape index (κ3) is 6.61. The minimum atomic E-state index is 0.164. The van der Waals surface area contributed by atoms with Crippen molar-refractivity contribution in [2.24, 2.45) is 0 Å². The Labute approximate surface area is 129 Å². The van der Waals surface area contributed by atoms with E-state index in [2.05, 4.69) is 20.8 Å². The monoisotopic (exact) mass is 343 g/mol. The first-order valence-electron chi connectivity index (χ1n) is 6.66. The van der Waals surface area contributed by atoms with Crippen molar-refractivity contribution in [3.05, 3.63) is 34.3 Å². The van der Waals surface area contributed by atoms with Gasteiger partial charge >= 0.3 is 0 Å². The maximum absolute atomic E-state index is 12.1. The van der Waals surface area contributed by atoms with Crippen molar-refractivity contribution >= 4 is 21.7 Å². The summed E-state index contributed by atoms with van der Waals surface area (Å²) in [6.45, 7) is 3.68. The molecule has 0 spiro atoms. The number of rotatable bonds is 10. The number of benzene rings is 1. The lowest BCUT2D eigenvalue weighted by molar-refractivity contribution is 0.0911. The molecule has 0 N–H and O–H groups in total. The molecule has 1 aromatic rings. The molecule has 0 atom stereocenters. The maximum Gasteiger partial charge on any atom is 0.164 e. The van der Waals surface area contributed by atoms with Crippen LogP contribution in [-0.2, 0) is 9.47 Å². The summed E-state index contributed by atoms with van der Waals surface area (Å²) in [7, 11) is 3.36. The number of carbonyl (C=O) groups excluding carboxylic acids is 1. The van der Waals surface area contributed by atoms with Crippen LogP contribution in [0.25, 0.3) is 0 Å². The summed E-state index contributed by atoms with van der Waals surface area (Å²) in [6.07, 6.45) is 0.509. The first kappa shape index (κ1) is 17.3. The van der Waals surface area contributed by atoms with Crippen LogP contribution >= 0.6 is 15.9 Å². The van der Waals surface area contributed by atoms with Crippen LogP contribution in [0.5, 0.6) is 0 Å². The van der Waals surface area contributed by atoms with Crippen molar-refractivity contribution < 1.29 is 14.3 Å². The van der Waals surface area contributed by atoms with Gasteiger partial charge in [-0.3, -0.25) is 9.69 Å². The molecule has 0 heterocycles. The fraction of sp³-hybridized carbons (Fsp3) is 0.533. The van der Waals surface area contributed by atoms with E-state index in [0.29, 0.717) is 19.6 Å². The molecule has 0 aliphatic heterocycles. The molecule has 0 saturated carbocycles. The smallest absolute Gasteiger partial charge is 0.164 e. The average Bonchev–Trinajstić information content (AvgIpc) is 2.47. The molecule has 0 unspecified atom stereocenters. The van der Waals surface area contributed by atoms with Gasteiger partial charge in [0.15, 0.2) is 5.78 Å². The van der Waals surface area contributed by atoms with E-state index in [1.54, 1.807) is 14.2 Å². The third-order valence-corrected chi connectivity index (χ3v) is 3.57. The SMILES string of the molecule is COCCN(CCOC)CCC(=O)c1ccc(Br)cc1. The van der Waals surface area contributed by atoms with Gasteiger partial charge in [-0.15, -0.1) is 0 Å². The molecule has 0 aromatic heterocycles. The first-order chi connectivity index (χ1) is 9.67. The molecule has 20 heavy (non-hydrogen) atoms. The fourth-order valence-electron chi connectivity index (χ4n) is 1.82. The van der Waals surface area contributed by atoms with E-state index in [0.717, 1.165) is 29.7 Å². The Morgan fingerprint density at radius 2 is 1.60 bits per heavy atom. The summed E-state index contributed by atoms with van der Waals surface area (Å²) in [5.41, 5.74) is 0.756. The Kier molecular flexibility index (Phi) is 8.69. The quantitative estimate of drug-likeness (QED) is 0.612. The number of ketones is 1. The summed E-state index contributed by atoms with van der Waals surface area (Å²) < 4.78 is 11.2. The van der Waals surface area contributed by atoms with Gasteiger partial charge in [0.2, 0.25) is 0 Å². The van der Waals surface area contributed by atoms with Crippen molar-refractivity contribution in [3.8, 4) is 0 Å². The van der Waals surface area contributed by atoms with E-state index >= 15 is 0 Å². The van der Waals surface area contributed by atoms with E-state index in [1.165, 1.54) is 0 Å². The Hall–Kier alpha value is -0.750. The van der Waals surface area contributed by atoms with Crippen LogP contribution in [-0.4, -0.2) is 57.8 Å². The minimum Gasteiger partial charge on any atom is -0.383 e. The summed E-state index contributed by atoms with van der Waals surface area (Å²) >= 11 is 3.37. The lowest BCUT2D eigenvalue weighted by atomic mass is 10.1. The Morgan fingerprint density at radius 1 is 1.05 bits per heavy atom. The van der Waals surface area contributed by atoms with Crippen LogP contribution in [0.2, 0.25) is 0 Å². The van der Waals surface area contributed by atoms with Crippen molar-refractivity contribution in [1.29, 1.82) is 0 Å². The second-order valence-corrected chi connectivity index (χ2v) is 5.42. The highest BCUT2D eigenvalue weighted by Gasteiger charge is 2.10. The molecule has 1 aromatic carbocycles. The predicted octanol–water partition coefficient (Wildman–Crippen LogP) is 2.62. The van der Waals surface area contributed by atoms with Gasteiger partial charge in [0.1, 0.15) is 0 Å². The van der Waals surface area contributed by atoms with Gasteiger partial charge in [-0.2, -0.15) is 0 Å². The molecular weight excluding hydrogens is 322 g/mol. The zero-order chi connectivity index (χ0) is 14.8. The van der Waals surface area contributed by atoms with Gasteiger partial charge in [0.05, 0.1) is 13.2 Å². The summed E-state index contributed by atoms with van der Waals surface area (Å²) in [5.74, 6) is 0.164. The molecule has 0 radical (unpaired) electrons. The van der Waals surface area contributed by atoms with E-state index in [-0.39, 0.29) is 5.78 Å². The van der Waals surface area contributed by atoms with Crippen LogP contribution in [0.15, 0.2) is 28.7 Å². The van der Waals surface area contributed by atoms with Gasteiger partial charge in [0.25, 0.3) is 0 Å². The Morgan fingerprint density at radius 3 is 2.10 bits per heavy atom. The fourth-order valence-corrected chi connectivity index (χ4v) is 2.08. The molecule has 0 amide bonds. The minimum absolute atomic E-state index is 0.164. The Balaban J connectivity index is 2.44. The number of hydrogen-bond donors (Lipinski definition) is 0. The Bertz CT molecular complexity index is 387. The van der Waals surface area contributed by atoms with Crippen LogP contribution in [0.3, 0.4) is 0 Å². The average molecular weight is 344 g/mol. The summed E-state index contributed by atoms with van der Waals surface area (Å²) in [4.78, 5) is 14.3. The van der Waals surface area contributed by atoms with E-state index in [9.17, 15) is 4.79 Å². The number of nitrogens with zero attached hydrogens (tertiary/aromatic N) is 1. The normalized spacial score (nSPS) is 11.0. The van der Waals surface area contributed by atoms with E-state index < -0.39 is 0 Å². The van der Waals surface area contributed by atoms with Gasteiger partial charge in [-0.05, 0) is 12.1 Å². The zero-order valence-electron chi connectivity index (χ0n) is 12.1. The van der Waals surface area contributed by atoms with Gasteiger partial charge < -0.3 is 9.47 Å². The van der Waals surface area contributed by atoms with Crippen LogP contribution in [0.1, 0.15) is 16.8 Å². The molecule has 0 aliphatic carbocycles. The number of hydrogen-bond acceptors (Lipinski definition) is 4. The van der Waals surface area contributed by atoms with Crippen LogP contribution in [0, 0.1) is 0 Å². The number of halogens is 1. The standard InChI is InChI=1S/C15H22BrNO3/c1-19-11-9-17(10-12-20-2)8-7-15(18)13-3-5-14(16)6-4-13/h3-6H,7-12H2,1-2H3. The molecule has 1 rings (SSSR count). The molecule has 0 aliphatic rings. The predicted molar refractivity (Wildman–Crippen MR) is 83.3 cm³/mol. The summed E-state index contributed by atoms with van der Waals surface area (Å²) in [6, 6.07) is 7.48. The highest BCUT2D eigenvalue weighted by atomic mass is 79.9. The van der Waals surface area contributed by atoms with Gasteiger partial charge in [0, 0.05) is 50.3 Å². The number of methoxy groups -OCH3 is 2. The molecule has 5 heteroatoms. The highest BCUT2D eigenvalue weighted by molar-refractivity contribution is 9.10. The molecule has 0 fully saturated rings. The lowest BCUT2D eigenvalue weighted by Gasteiger charge is -2.21. The highest BCUT2D eigenvalue weighted by Crippen LogP contribution is 2.12. The molecule has 0 saturated heterocycles. The molecular formula is C15H22BrNO3. The second kappa shape index (κ2) is 10.0. The summed E-state index contributed by atoms with van der Waals surface area (Å²) in [5, 5.41) is 0. The first-order valence-corrected chi connectivity index (χ1v) is 7.45. The van der Waals surface area contributed by atoms with Crippen molar-refractivity contribution in [3.63, 3.8) is 0 Å². The number of Topliss-reactive ketones (excluding diaryl/α,β-unsaturated/α-hetero) is 1. The number of ether oxygens (including phenoxy) is 2. The van der Waals surface area contributed by atoms with Gasteiger partial charge in [-0.1, -0.05) is 28.1 Å². The topological polar surface area (TPSA) is 38.8 Å². The van der Waals surface area contributed by atoms with Crippen molar-refractivity contribution in [2.45, 2.75) is 6.42 Å². The van der Waals surface area contributed by atoms with Crippen LogP contribution in [0.4, 0.5) is 0 Å². The van der Waals surface area contributed by atoms with Crippen molar-refractivity contribution in [1.82, 2.24) is 4.90 Å². The largest absolute Gasteiger partial charge is 0.383 e. The molecule has 112 valence electrons. The lowest BCUT2D eigenvalue weighted by Crippen LogP contribution is -2.32. The second-order valence-electron chi connectivity index (χ2n) is 4.51.